The molecule has 0 N–H and O–H groups in total. The number of aryl methyl sites for hydroxylation is 3. The van der Waals surface area contributed by atoms with E-state index in [1.807, 2.05) is 4.68 Å². The predicted molar refractivity (Wildman–Crippen MR) is 85.5 cm³/mol. The molecule has 1 aromatic heterocycles. The third kappa shape index (κ3) is 3.17. The van der Waals surface area contributed by atoms with Crippen molar-refractivity contribution in [1.82, 2.24) is 15.0 Å². The van der Waals surface area contributed by atoms with Gasteiger partial charge in [0.15, 0.2) is 0 Å². The molecule has 1 unspecified atom stereocenters. The number of nitrogens with zero attached hydrogens (tertiary/aromatic N) is 3. The Kier molecular flexibility index (Phi) is 4.37. The molecule has 3 nitrogen and oxygen atoms in total. The zero-order valence-corrected chi connectivity index (χ0v) is 13.2. The van der Waals surface area contributed by atoms with Gasteiger partial charge in [0.1, 0.15) is 0 Å². The number of aromatic nitrogens is 3. The van der Waals surface area contributed by atoms with Crippen LogP contribution in [0.15, 0.2) is 24.4 Å². The largest absolute Gasteiger partial charge is 0.253 e. The molecular weight excluding hydrogens is 258 g/mol. The summed E-state index contributed by atoms with van der Waals surface area (Å²) in [6, 6.07) is 7.14. The van der Waals surface area contributed by atoms with Gasteiger partial charge in [0, 0.05) is 12.7 Å². The van der Waals surface area contributed by atoms with Crippen molar-refractivity contribution in [3.8, 4) is 0 Å². The summed E-state index contributed by atoms with van der Waals surface area (Å²) in [7, 11) is 0. The maximum atomic E-state index is 4.30. The molecule has 1 heterocycles. The van der Waals surface area contributed by atoms with Crippen LogP contribution in [0, 0.1) is 0 Å². The molecule has 1 aromatic carbocycles. The van der Waals surface area contributed by atoms with Crippen molar-refractivity contribution in [3.63, 3.8) is 0 Å². The summed E-state index contributed by atoms with van der Waals surface area (Å²) in [6.07, 6.45) is 9.44. The van der Waals surface area contributed by atoms with Gasteiger partial charge in [0.2, 0.25) is 0 Å². The van der Waals surface area contributed by atoms with Gasteiger partial charge in [0.25, 0.3) is 0 Å². The van der Waals surface area contributed by atoms with Gasteiger partial charge >= 0.3 is 0 Å². The fraction of sp³-hybridized carbons (Fsp3) is 0.556. The van der Waals surface area contributed by atoms with Crippen molar-refractivity contribution in [2.75, 3.05) is 0 Å². The van der Waals surface area contributed by atoms with Gasteiger partial charge in [-0.25, -0.2) is 0 Å². The lowest BCUT2D eigenvalue weighted by molar-refractivity contribution is 0.624. The molecule has 21 heavy (non-hydrogen) atoms. The van der Waals surface area contributed by atoms with Gasteiger partial charge in [-0.1, -0.05) is 30.3 Å². The SMILES string of the molecule is CCC(Cc1cn(CC)nn1)c1ccc2c(c1)CCCC2. The number of hydrogen-bond donors (Lipinski definition) is 0. The molecule has 0 fully saturated rings. The highest BCUT2D eigenvalue weighted by Crippen LogP contribution is 2.28. The van der Waals surface area contributed by atoms with Crippen LogP contribution in [0.1, 0.15) is 61.4 Å². The molecule has 3 rings (SSSR count). The smallest absolute Gasteiger partial charge is 0.0833 e. The van der Waals surface area contributed by atoms with Crippen LogP contribution in [-0.2, 0) is 25.8 Å². The lowest BCUT2D eigenvalue weighted by atomic mass is 9.85. The van der Waals surface area contributed by atoms with E-state index in [2.05, 4.69) is 48.6 Å². The highest BCUT2D eigenvalue weighted by molar-refractivity contribution is 5.35. The summed E-state index contributed by atoms with van der Waals surface area (Å²) in [5.74, 6) is 0.555. The molecule has 0 amide bonds. The van der Waals surface area contributed by atoms with Crippen LogP contribution in [0.2, 0.25) is 0 Å². The van der Waals surface area contributed by atoms with Gasteiger partial charge in [-0.15, -0.1) is 5.10 Å². The first kappa shape index (κ1) is 14.3. The average molecular weight is 283 g/mol. The van der Waals surface area contributed by atoms with Gasteiger partial charge < -0.3 is 0 Å². The molecule has 2 aromatic rings. The molecule has 0 radical (unpaired) electrons. The van der Waals surface area contributed by atoms with Crippen molar-refractivity contribution in [3.05, 3.63) is 46.8 Å². The van der Waals surface area contributed by atoms with Crippen molar-refractivity contribution in [1.29, 1.82) is 0 Å². The summed E-state index contributed by atoms with van der Waals surface area (Å²) in [5.41, 5.74) is 5.73. The van der Waals surface area contributed by atoms with Crippen LogP contribution in [0.3, 0.4) is 0 Å². The number of rotatable bonds is 5. The first-order valence-corrected chi connectivity index (χ1v) is 8.30. The number of benzene rings is 1. The first-order valence-electron chi connectivity index (χ1n) is 8.30. The van der Waals surface area contributed by atoms with Crippen LogP contribution < -0.4 is 0 Å². The lowest BCUT2D eigenvalue weighted by Crippen LogP contribution is -2.07. The monoisotopic (exact) mass is 283 g/mol. The zero-order chi connectivity index (χ0) is 14.7. The lowest BCUT2D eigenvalue weighted by Gasteiger charge is -2.20. The van der Waals surface area contributed by atoms with Gasteiger partial charge in [-0.2, -0.15) is 0 Å². The third-order valence-corrected chi connectivity index (χ3v) is 4.70. The van der Waals surface area contributed by atoms with Crippen molar-refractivity contribution < 1.29 is 0 Å². The standard InChI is InChI=1S/C18H25N3/c1-3-14(12-18-13-21(4-2)20-19-18)17-10-9-15-7-5-6-8-16(15)11-17/h9-11,13-14H,3-8,12H2,1-2H3. The van der Waals surface area contributed by atoms with Crippen molar-refractivity contribution in [2.45, 2.75) is 64.8 Å². The molecule has 1 aliphatic rings. The van der Waals surface area contributed by atoms with E-state index in [0.29, 0.717) is 5.92 Å². The topological polar surface area (TPSA) is 30.7 Å². The van der Waals surface area contributed by atoms with E-state index in [9.17, 15) is 0 Å². The Morgan fingerprint density at radius 3 is 2.67 bits per heavy atom. The first-order chi connectivity index (χ1) is 10.3. The zero-order valence-electron chi connectivity index (χ0n) is 13.2. The second kappa shape index (κ2) is 6.42. The molecule has 0 aliphatic heterocycles. The Morgan fingerprint density at radius 1 is 1.14 bits per heavy atom. The molecule has 3 heteroatoms. The maximum Gasteiger partial charge on any atom is 0.0833 e. The Hall–Kier alpha value is -1.64. The maximum absolute atomic E-state index is 4.30. The quantitative estimate of drug-likeness (QED) is 0.833. The van der Waals surface area contributed by atoms with E-state index in [-0.39, 0.29) is 0 Å². The Morgan fingerprint density at radius 2 is 1.95 bits per heavy atom. The molecular formula is C18H25N3. The summed E-state index contributed by atoms with van der Waals surface area (Å²) >= 11 is 0. The van der Waals surface area contributed by atoms with E-state index in [1.54, 1.807) is 11.1 Å². The van der Waals surface area contributed by atoms with E-state index in [1.165, 1.54) is 31.2 Å². The Bertz CT molecular complexity index is 600. The highest BCUT2D eigenvalue weighted by atomic mass is 15.4. The molecule has 0 bridgehead atoms. The van der Waals surface area contributed by atoms with Crippen molar-refractivity contribution >= 4 is 0 Å². The van der Waals surface area contributed by atoms with Crippen LogP contribution in [0.4, 0.5) is 0 Å². The summed E-state index contributed by atoms with van der Waals surface area (Å²) < 4.78 is 1.91. The fourth-order valence-corrected chi connectivity index (χ4v) is 3.34. The second-order valence-electron chi connectivity index (χ2n) is 6.11. The number of hydrogen-bond acceptors (Lipinski definition) is 2. The second-order valence-corrected chi connectivity index (χ2v) is 6.11. The summed E-state index contributed by atoms with van der Waals surface area (Å²) in [6.45, 7) is 5.26. The van der Waals surface area contributed by atoms with E-state index >= 15 is 0 Å². The normalized spacial score (nSPS) is 15.7. The third-order valence-electron chi connectivity index (χ3n) is 4.70. The molecule has 0 spiro atoms. The molecule has 0 saturated heterocycles. The Labute approximate surface area is 127 Å². The van der Waals surface area contributed by atoms with Crippen LogP contribution in [-0.4, -0.2) is 15.0 Å². The van der Waals surface area contributed by atoms with Crippen LogP contribution in [0.5, 0.6) is 0 Å². The average Bonchev–Trinajstić information content (AvgIpc) is 3.00. The Balaban J connectivity index is 1.79. The fourth-order valence-electron chi connectivity index (χ4n) is 3.34. The minimum absolute atomic E-state index is 0.555. The molecule has 1 aliphatic carbocycles. The van der Waals surface area contributed by atoms with Crippen LogP contribution in [0.25, 0.3) is 0 Å². The van der Waals surface area contributed by atoms with Gasteiger partial charge in [-0.3, -0.25) is 4.68 Å². The van der Waals surface area contributed by atoms with Crippen molar-refractivity contribution in [2.24, 2.45) is 0 Å². The highest BCUT2D eigenvalue weighted by Gasteiger charge is 2.16. The van der Waals surface area contributed by atoms with Crippen LogP contribution >= 0.6 is 0 Å². The molecule has 112 valence electrons. The predicted octanol–water partition coefficient (Wildman–Crippen LogP) is 3.91. The molecule has 1 atom stereocenters. The van der Waals surface area contributed by atoms with Gasteiger partial charge in [0.05, 0.1) is 5.69 Å². The van der Waals surface area contributed by atoms with Gasteiger partial charge in [-0.05, 0) is 68.1 Å². The molecule has 0 saturated carbocycles. The summed E-state index contributed by atoms with van der Waals surface area (Å²) in [5, 5.41) is 8.45. The minimum atomic E-state index is 0.555. The summed E-state index contributed by atoms with van der Waals surface area (Å²) in [4.78, 5) is 0. The van der Waals surface area contributed by atoms with E-state index in [4.69, 9.17) is 0 Å². The van der Waals surface area contributed by atoms with E-state index in [0.717, 1.165) is 25.1 Å². The van der Waals surface area contributed by atoms with E-state index < -0.39 is 0 Å². The minimum Gasteiger partial charge on any atom is -0.253 e. The number of fused-ring (bicyclic) bond motifs is 1.